The Morgan fingerprint density at radius 3 is 2.81 bits per heavy atom. The molecule has 1 aromatic heterocycles. The first-order chi connectivity index (χ1) is 10.0. The number of ketones is 1. The van der Waals surface area contributed by atoms with Crippen LogP contribution in [0.2, 0.25) is 0 Å². The molecule has 21 heavy (non-hydrogen) atoms. The Labute approximate surface area is 140 Å². The van der Waals surface area contributed by atoms with E-state index < -0.39 is 0 Å². The fourth-order valence-corrected chi connectivity index (χ4v) is 2.97. The first-order valence-corrected chi connectivity index (χ1v) is 8.97. The van der Waals surface area contributed by atoms with E-state index in [4.69, 9.17) is 4.74 Å². The molecule has 2 unspecified atom stereocenters. The third kappa shape index (κ3) is 4.25. The van der Waals surface area contributed by atoms with Crippen LogP contribution in [-0.4, -0.2) is 27.4 Å². The van der Waals surface area contributed by atoms with Crippen molar-refractivity contribution >= 4 is 28.4 Å². The summed E-state index contributed by atoms with van der Waals surface area (Å²) >= 11 is 2.33. The number of aryl methyl sites for hydroxylation is 1. The maximum Gasteiger partial charge on any atom is 0.161 e. The van der Waals surface area contributed by atoms with Gasteiger partial charge in [-0.3, -0.25) is 4.79 Å². The molecule has 1 aromatic rings. The van der Waals surface area contributed by atoms with E-state index in [1.165, 1.54) is 6.42 Å². The first-order valence-electron chi connectivity index (χ1n) is 7.73. The second-order valence-corrected chi connectivity index (χ2v) is 7.76. The molecule has 1 aliphatic carbocycles. The number of hydrogen-bond acceptors (Lipinski definition) is 4. The number of nitrogens with zero attached hydrogens (tertiary/aromatic N) is 3. The zero-order valence-corrected chi connectivity index (χ0v) is 15.2. The second-order valence-electron chi connectivity index (χ2n) is 5.96. The van der Waals surface area contributed by atoms with Gasteiger partial charge < -0.3 is 4.74 Å². The Kier molecular flexibility index (Phi) is 6.16. The normalized spacial score (nSPS) is 20.7. The van der Waals surface area contributed by atoms with E-state index in [1.807, 2.05) is 18.5 Å². The standard InChI is InChI=1S/C15H24IN3O2/c1-10(2)13(20)9-21-14-8-6-4-5-7-12-15(14)19(11(3)16)18-17-12/h10-11,14H,4-9H2,1-3H3. The van der Waals surface area contributed by atoms with Gasteiger partial charge in [0, 0.05) is 5.92 Å². The van der Waals surface area contributed by atoms with Crippen LogP contribution < -0.4 is 0 Å². The molecular formula is C15H24IN3O2. The third-order valence-electron chi connectivity index (χ3n) is 3.90. The number of fused-ring (bicyclic) bond motifs is 1. The number of rotatable bonds is 5. The highest BCUT2D eigenvalue weighted by Gasteiger charge is 2.26. The summed E-state index contributed by atoms with van der Waals surface area (Å²) in [7, 11) is 0. The molecule has 118 valence electrons. The Morgan fingerprint density at radius 1 is 1.38 bits per heavy atom. The molecule has 1 aliphatic rings. The monoisotopic (exact) mass is 405 g/mol. The maximum atomic E-state index is 11.8. The fourth-order valence-electron chi connectivity index (χ4n) is 2.56. The molecule has 0 saturated heterocycles. The first kappa shape index (κ1) is 16.9. The Bertz CT molecular complexity index is 485. The summed E-state index contributed by atoms with van der Waals surface area (Å²) in [5.41, 5.74) is 2.12. The van der Waals surface area contributed by atoms with Gasteiger partial charge in [-0.25, -0.2) is 4.68 Å². The molecule has 0 spiro atoms. The van der Waals surface area contributed by atoms with Gasteiger partial charge in [-0.05, 0) is 26.2 Å². The molecule has 5 nitrogen and oxygen atoms in total. The van der Waals surface area contributed by atoms with Gasteiger partial charge in [0.05, 0.1) is 11.4 Å². The molecule has 1 heterocycles. The van der Waals surface area contributed by atoms with Crippen LogP contribution in [0.3, 0.4) is 0 Å². The summed E-state index contributed by atoms with van der Waals surface area (Å²) in [6.45, 7) is 6.09. The minimum Gasteiger partial charge on any atom is -0.364 e. The summed E-state index contributed by atoms with van der Waals surface area (Å²) in [4.78, 5) is 11.8. The van der Waals surface area contributed by atoms with Crippen LogP contribution in [0.5, 0.6) is 0 Å². The van der Waals surface area contributed by atoms with E-state index in [2.05, 4.69) is 39.8 Å². The Hall–Kier alpha value is -0.500. The maximum absolute atomic E-state index is 11.8. The highest BCUT2D eigenvalue weighted by atomic mass is 127. The third-order valence-corrected chi connectivity index (χ3v) is 4.42. The SMILES string of the molecule is CC(C)C(=O)COC1CCCCCc2nnn(C(C)I)c21. The van der Waals surface area contributed by atoms with Gasteiger partial charge in [-0.2, -0.15) is 0 Å². The van der Waals surface area contributed by atoms with Gasteiger partial charge in [0.15, 0.2) is 5.78 Å². The number of carbonyl (C=O) groups excluding carboxylic acids is 1. The van der Waals surface area contributed by atoms with E-state index in [9.17, 15) is 4.79 Å². The molecule has 0 fully saturated rings. The lowest BCUT2D eigenvalue weighted by Crippen LogP contribution is -2.21. The largest absolute Gasteiger partial charge is 0.364 e. The molecule has 0 radical (unpaired) electrons. The lowest BCUT2D eigenvalue weighted by atomic mass is 9.98. The molecule has 2 rings (SSSR count). The number of hydrogen-bond donors (Lipinski definition) is 0. The molecule has 0 N–H and O–H groups in total. The summed E-state index contributed by atoms with van der Waals surface area (Å²) < 4.78 is 8.14. The highest BCUT2D eigenvalue weighted by molar-refractivity contribution is 14.1. The van der Waals surface area contributed by atoms with Crippen molar-refractivity contribution in [1.29, 1.82) is 0 Å². The predicted molar refractivity (Wildman–Crippen MR) is 89.5 cm³/mol. The van der Waals surface area contributed by atoms with Crippen LogP contribution >= 0.6 is 22.6 Å². The zero-order valence-electron chi connectivity index (χ0n) is 13.0. The van der Waals surface area contributed by atoms with Crippen LogP contribution in [0.4, 0.5) is 0 Å². The van der Waals surface area contributed by atoms with Gasteiger partial charge in [-0.15, -0.1) is 5.10 Å². The predicted octanol–water partition coefficient (Wildman–Crippen LogP) is 3.63. The molecule has 6 heteroatoms. The molecule has 2 atom stereocenters. The van der Waals surface area contributed by atoms with Crippen molar-refractivity contribution in [3.63, 3.8) is 0 Å². The minimum atomic E-state index is -0.0600. The number of carbonyl (C=O) groups is 1. The van der Waals surface area contributed by atoms with Crippen molar-refractivity contribution in [2.45, 2.75) is 63.0 Å². The van der Waals surface area contributed by atoms with Crippen molar-refractivity contribution < 1.29 is 9.53 Å². The van der Waals surface area contributed by atoms with Crippen molar-refractivity contribution in [3.05, 3.63) is 11.4 Å². The van der Waals surface area contributed by atoms with Gasteiger partial charge in [0.25, 0.3) is 0 Å². The quantitative estimate of drug-likeness (QED) is 0.555. The fraction of sp³-hybridized carbons (Fsp3) is 0.800. The number of ether oxygens (including phenoxy) is 1. The van der Waals surface area contributed by atoms with E-state index in [-0.39, 0.29) is 28.5 Å². The Balaban J connectivity index is 2.20. The van der Waals surface area contributed by atoms with Crippen molar-refractivity contribution in [2.75, 3.05) is 6.61 Å². The molecule has 0 aromatic carbocycles. The lowest BCUT2D eigenvalue weighted by molar-refractivity contribution is -0.129. The van der Waals surface area contributed by atoms with E-state index in [0.717, 1.165) is 37.1 Å². The molecular weight excluding hydrogens is 381 g/mol. The van der Waals surface area contributed by atoms with E-state index in [1.54, 1.807) is 0 Å². The average Bonchev–Trinajstić information content (AvgIpc) is 2.81. The summed E-state index contributed by atoms with van der Waals surface area (Å²) in [5, 5.41) is 8.62. The van der Waals surface area contributed by atoms with Crippen LogP contribution in [0.25, 0.3) is 0 Å². The van der Waals surface area contributed by atoms with Crippen molar-refractivity contribution in [2.24, 2.45) is 5.92 Å². The lowest BCUT2D eigenvalue weighted by Gasteiger charge is -2.23. The second kappa shape index (κ2) is 7.67. The Morgan fingerprint density at radius 2 is 2.14 bits per heavy atom. The van der Waals surface area contributed by atoms with Crippen molar-refractivity contribution in [3.8, 4) is 0 Å². The summed E-state index contributed by atoms with van der Waals surface area (Å²) in [6, 6.07) is 0. The van der Waals surface area contributed by atoms with Crippen LogP contribution in [0.1, 0.15) is 68.0 Å². The topological polar surface area (TPSA) is 57.0 Å². The van der Waals surface area contributed by atoms with Gasteiger partial charge >= 0.3 is 0 Å². The zero-order chi connectivity index (χ0) is 15.4. The van der Waals surface area contributed by atoms with Crippen LogP contribution in [0, 0.1) is 5.92 Å². The highest BCUT2D eigenvalue weighted by Crippen LogP contribution is 2.32. The summed E-state index contributed by atoms with van der Waals surface area (Å²) in [6.07, 6.45) is 5.30. The minimum absolute atomic E-state index is 0.0181. The molecule has 0 amide bonds. The number of Topliss-reactive ketones (excluding diaryl/α,β-unsaturated/α-hetero) is 1. The molecule has 0 bridgehead atoms. The molecule has 0 saturated carbocycles. The van der Waals surface area contributed by atoms with Gasteiger partial charge in [0.1, 0.15) is 16.8 Å². The number of halogens is 1. The van der Waals surface area contributed by atoms with Crippen LogP contribution in [0.15, 0.2) is 0 Å². The number of alkyl halides is 1. The van der Waals surface area contributed by atoms with Gasteiger partial charge in [-0.1, -0.05) is 54.5 Å². The smallest absolute Gasteiger partial charge is 0.161 e. The summed E-state index contributed by atoms with van der Waals surface area (Å²) in [5.74, 6) is 0.171. The van der Waals surface area contributed by atoms with Crippen molar-refractivity contribution in [1.82, 2.24) is 15.0 Å². The van der Waals surface area contributed by atoms with Gasteiger partial charge in [0.2, 0.25) is 0 Å². The average molecular weight is 405 g/mol. The molecule has 0 aliphatic heterocycles. The van der Waals surface area contributed by atoms with Crippen LogP contribution in [-0.2, 0) is 16.0 Å². The van der Waals surface area contributed by atoms with E-state index in [0.29, 0.717) is 0 Å². The number of aromatic nitrogens is 3. The van der Waals surface area contributed by atoms with E-state index >= 15 is 0 Å².